The number of aliphatic hydroxyl groups excluding tert-OH is 1. The van der Waals surface area contributed by atoms with Crippen molar-refractivity contribution in [3.63, 3.8) is 0 Å². The molecule has 1 atom stereocenters. The highest BCUT2D eigenvalue weighted by molar-refractivity contribution is 14.1. The molecule has 0 radical (unpaired) electrons. The van der Waals surface area contributed by atoms with Crippen molar-refractivity contribution in [1.29, 1.82) is 0 Å². The number of phenolic OH excluding ortho intramolecular Hbond substituents is 4. The van der Waals surface area contributed by atoms with E-state index in [2.05, 4.69) is 69.4 Å². The minimum atomic E-state index is -0.678. The van der Waals surface area contributed by atoms with Crippen LogP contribution in [-0.2, 0) is 0 Å². The van der Waals surface area contributed by atoms with Gasteiger partial charge in [-0.2, -0.15) is 0 Å². The molecule has 0 aromatic heterocycles. The highest BCUT2D eigenvalue weighted by Gasteiger charge is 2.31. The fourth-order valence-electron chi connectivity index (χ4n) is 8.36. The Hall–Kier alpha value is -8.08. The van der Waals surface area contributed by atoms with Gasteiger partial charge in [-0.25, -0.2) is 0 Å². The number of allylic oxidation sites excluding steroid dienone is 1. The second-order valence-corrected chi connectivity index (χ2v) is 19.5. The molecule has 73 heavy (non-hydrogen) atoms. The molecule has 1 aliphatic carbocycles. The van der Waals surface area contributed by atoms with Gasteiger partial charge in [-0.15, -0.1) is 0 Å². The van der Waals surface area contributed by atoms with Crippen molar-refractivity contribution in [2.24, 2.45) is 0 Å². The highest BCUT2D eigenvalue weighted by atomic mass is 127. The van der Waals surface area contributed by atoms with Crippen LogP contribution < -0.4 is 23.7 Å². The Balaban J connectivity index is 1.18. The fraction of sp³-hybridized carbons (Fsp3) is 0.0492. The zero-order chi connectivity index (χ0) is 50.4. The van der Waals surface area contributed by atoms with Crippen molar-refractivity contribution in [2.45, 2.75) is 18.4 Å². The highest BCUT2D eigenvalue weighted by Crippen LogP contribution is 2.50. The second-order valence-electron chi connectivity index (χ2n) is 17.1. The van der Waals surface area contributed by atoms with Gasteiger partial charge in [0, 0.05) is 32.6 Å². The monoisotopic (exact) mass is 1190 g/mol. The molecule has 10 rings (SSSR count). The number of hydrogen-bond acceptors (Lipinski definition) is 10. The molecule has 0 heterocycles. The first kappa shape index (κ1) is 48.5. The summed E-state index contributed by atoms with van der Waals surface area (Å²) in [4.78, 5) is 0. The summed E-state index contributed by atoms with van der Waals surface area (Å²) in [6.45, 7) is 0. The molecule has 0 fully saturated rings. The van der Waals surface area contributed by atoms with Crippen LogP contribution in [0.5, 0.6) is 74.7 Å². The molecule has 0 saturated heterocycles. The molecule has 9 aromatic rings. The molecule has 0 saturated carbocycles. The average Bonchev–Trinajstić information content (AvgIpc) is 3.39. The maximum atomic E-state index is 10.3. The molecule has 0 aliphatic heterocycles. The van der Waals surface area contributed by atoms with E-state index in [0.29, 0.717) is 58.2 Å². The maximum Gasteiger partial charge on any atom is 0.137 e. The van der Waals surface area contributed by atoms with Crippen LogP contribution in [0.1, 0.15) is 29.0 Å². The quantitative estimate of drug-likeness (QED) is 0.0496. The predicted octanol–water partition coefficient (Wildman–Crippen LogP) is 16.6. The van der Waals surface area contributed by atoms with Gasteiger partial charge >= 0.3 is 0 Å². The van der Waals surface area contributed by atoms with Gasteiger partial charge in [0.1, 0.15) is 86.6 Å². The lowest BCUT2D eigenvalue weighted by molar-refractivity contribution is 0.242. The Bertz CT molecular complexity index is 3260. The first-order valence-corrected chi connectivity index (χ1v) is 25.2. The third-order valence-electron chi connectivity index (χ3n) is 11.9. The Morgan fingerprint density at radius 1 is 0.397 bits per heavy atom. The van der Waals surface area contributed by atoms with Gasteiger partial charge in [0.05, 0.1) is 3.57 Å². The van der Waals surface area contributed by atoms with Crippen LogP contribution in [-0.4, -0.2) is 31.6 Å². The largest absolute Gasteiger partial charge is 0.508 e. The van der Waals surface area contributed by atoms with E-state index in [-0.39, 0.29) is 28.8 Å². The summed E-state index contributed by atoms with van der Waals surface area (Å²) in [6, 6.07) is 58.1. The predicted molar refractivity (Wildman–Crippen MR) is 298 cm³/mol. The first-order chi connectivity index (χ1) is 35.5. The molecule has 0 spiro atoms. The minimum Gasteiger partial charge on any atom is -0.508 e. The van der Waals surface area contributed by atoms with Crippen LogP contribution in [0.15, 0.2) is 218 Å². The van der Waals surface area contributed by atoms with Crippen LogP contribution in [0.4, 0.5) is 0 Å². The number of benzene rings is 9. The zero-order valence-electron chi connectivity index (χ0n) is 38.6. The zero-order valence-corrected chi connectivity index (χ0v) is 42.9. The average molecular weight is 1190 g/mol. The van der Waals surface area contributed by atoms with E-state index in [1.807, 2.05) is 78.9 Å². The number of rotatable bonds is 15. The first-order valence-electron chi connectivity index (χ1n) is 23.1. The molecular formula is C61H44I2O10. The van der Waals surface area contributed by atoms with E-state index in [1.54, 1.807) is 109 Å². The molecule has 10 nitrogen and oxygen atoms in total. The van der Waals surface area contributed by atoms with Gasteiger partial charge < -0.3 is 49.2 Å². The van der Waals surface area contributed by atoms with Gasteiger partial charge in [-0.1, -0.05) is 36.4 Å². The van der Waals surface area contributed by atoms with Crippen LogP contribution in [0.25, 0.3) is 22.3 Å². The molecule has 5 N–H and O–H groups in total. The number of ether oxygens (including phenoxy) is 5. The van der Waals surface area contributed by atoms with Crippen LogP contribution in [0, 0.1) is 7.14 Å². The van der Waals surface area contributed by atoms with Crippen molar-refractivity contribution in [2.75, 3.05) is 0 Å². The number of aromatic hydroxyl groups is 4. The molecule has 0 amide bonds. The molecule has 1 unspecified atom stereocenters. The topological polar surface area (TPSA) is 147 Å². The SMILES string of the molecule is OC1=CCC(Oc2c(I)cc(I)cc2C(c2cc(-c3ccc(Oc4ccc(O)cc4)cc3)ccc2Oc2ccc(O)cc2)c2cc(-c3ccc(Oc4ccc(O)cc4)cc3)ccc2Oc2ccc(O)cc2)C=C1. The standard InChI is InChI=1S/C61H44I2O10/c62-41-35-56(61(57(63)36-41)73-53-29-15-46(68)16-30-53)60(54-33-39(5-31-58(54)71-51-25-11-44(66)12-26-51)37-1-17-47(18-2-37)69-49-21-7-42(64)8-22-49)55-34-40(6-32-59(55)72-52-27-13-45(67)14-28-52)38-3-19-48(20-4-38)70-50-23-9-43(65)10-24-50/h1-29,31-36,53,60,64-68H,30H2. The summed E-state index contributed by atoms with van der Waals surface area (Å²) >= 11 is 4.66. The third-order valence-corrected chi connectivity index (χ3v) is 13.4. The number of halogens is 2. The van der Waals surface area contributed by atoms with E-state index >= 15 is 0 Å². The molecule has 0 bridgehead atoms. The summed E-state index contributed by atoms with van der Waals surface area (Å²) in [5.41, 5.74) is 5.83. The Morgan fingerprint density at radius 3 is 1.15 bits per heavy atom. The molecule has 362 valence electrons. The van der Waals surface area contributed by atoms with Crippen molar-refractivity contribution < 1.29 is 49.2 Å². The Morgan fingerprint density at radius 2 is 0.767 bits per heavy atom. The number of phenols is 4. The lowest BCUT2D eigenvalue weighted by Gasteiger charge is -2.29. The van der Waals surface area contributed by atoms with Gasteiger partial charge in [0.15, 0.2) is 0 Å². The lowest BCUT2D eigenvalue weighted by Crippen LogP contribution is -2.18. The van der Waals surface area contributed by atoms with E-state index in [4.69, 9.17) is 23.7 Å². The van der Waals surface area contributed by atoms with Crippen LogP contribution >= 0.6 is 45.2 Å². The summed E-state index contributed by atoms with van der Waals surface area (Å²) < 4.78 is 34.8. The van der Waals surface area contributed by atoms with Crippen molar-refractivity contribution in [3.05, 3.63) is 242 Å². The normalized spacial score (nSPS) is 13.0. The van der Waals surface area contributed by atoms with Crippen molar-refractivity contribution in [3.8, 4) is 97.0 Å². The molecular weight excluding hydrogens is 1150 g/mol. The maximum absolute atomic E-state index is 10.3. The Labute approximate surface area is 448 Å². The number of hydrogen-bond donors (Lipinski definition) is 5. The summed E-state index contributed by atoms with van der Waals surface area (Å²) in [6.07, 6.45) is 5.29. The minimum absolute atomic E-state index is 0.0987. The Kier molecular flexibility index (Phi) is 14.4. The van der Waals surface area contributed by atoms with Crippen LogP contribution in [0.3, 0.4) is 0 Å². The van der Waals surface area contributed by atoms with Crippen LogP contribution in [0.2, 0.25) is 0 Å². The molecule has 1 aliphatic rings. The smallest absolute Gasteiger partial charge is 0.137 e. The molecule has 9 aromatic carbocycles. The van der Waals surface area contributed by atoms with E-state index in [1.165, 1.54) is 0 Å². The van der Waals surface area contributed by atoms with Gasteiger partial charge in [0.25, 0.3) is 0 Å². The summed E-state index contributed by atoms with van der Waals surface area (Å²) in [7, 11) is 0. The van der Waals surface area contributed by atoms with Gasteiger partial charge in [0.2, 0.25) is 0 Å². The van der Waals surface area contributed by atoms with Gasteiger partial charge in [-0.05, 0) is 243 Å². The van der Waals surface area contributed by atoms with Gasteiger partial charge in [-0.3, -0.25) is 0 Å². The summed E-state index contributed by atoms with van der Waals surface area (Å²) in [5, 5.41) is 50.5. The van der Waals surface area contributed by atoms with E-state index in [0.717, 1.165) is 46.1 Å². The fourth-order valence-corrected chi connectivity index (χ4v) is 10.4. The number of aliphatic hydroxyl groups is 1. The summed E-state index contributed by atoms with van der Waals surface area (Å²) in [5.74, 6) is 5.05. The van der Waals surface area contributed by atoms with Crippen molar-refractivity contribution in [1.82, 2.24) is 0 Å². The second kappa shape index (κ2) is 21.7. The molecule has 12 heteroatoms. The van der Waals surface area contributed by atoms with E-state index in [9.17, 15) is 25.5 Å². The lowest BCUT2D eigenvalue weighted by atomic mass is 9.81. The third kappa shape index (κ3) is 11.8. The van der Waals surface area contributed by atoms with E-state index < -0.39 is 12.0 Å². The van der Waals surface area contributed by atoms with Crippen molar-refractivity contribution >= 4 is 45.2 Å².